The fourth-order valence-corrected chi connectivity index (χ4v) is 2.24. The number of ether oxygens (including phenoxy) is 1. The highest BCUT2D eigenvalue weighted by atomic mass is 127. The number of aromatic nitrogens is 1. The van der Waals surface area contributed by atoms with Gasteiger partial charge >= 0.3 is 0 Å². The normalized spacial score (nSPS) is 10.0. The van der Waals surface area contributed by atoms with E-state index in [1.807, 2.05) is 19.1 Å². The van der Waals surface area contributed by atoms with Crippen LogP contribution in [0.15, 0.2) is 42.6 Å². The number of hydrogen-bond donors (Lipinski definition) is 2. The first-order valence-corrected chi connectivity index (χ1v) is 8.54. The minimum Gasteiger partial charge on any atom is -0.494 e. The van der Waals surface area contributed by atoms with Gasteiger partial charge in [0.05, 0.1) is 6.61 Å². The molecule has 1 aromatic carbocycles. The number of amides is 1. The number of carbonyl (C=O) groups excluding carboxylic acids is 1. The average Bonchev–Trinajstić information content (AvgIpc) is 2.55. The van der Waals surface area contributed by atoms with Crippen molar-refractivity contribution in [3.05, 3.63) is 51.7 Å². The molecule has 5 nitrogen and oxygen atoms in total. The molecule has 0 atom stereocenters. The summed E-state index contributed by atoms with van der Waals surface area (Å²) in [4.78, 5) is 16.4. The van der Waals surface area contributed by atoms with Gasteiger partial charge in [0.25, 0.3) is 5.91 Å². The Kier molecular flexibility index (Phi) is 6.72. The molecule has 1 heterocycles. The maximum Gasteiger partial charge on any atom is 0.257 e. The Morgan fingerprint density at radius 3 is 2.87 bits per heavy atom. The number of hydrogen-bond acceptors (Lipinski definition) is 4. The van der Waals surface area contributed by atoms with Gasteiger partial charge in [-0.05, 0) is 71.6 Å². The number of rotatable bonds is 5. The zero-order chi connectivity index (χ0) is 16.7. The Morgan fingerprint density at radius 1 is 1.35 bits per heavy atom. The highest BCUT2D eigenvalue weighted by Crippen LogP contribution is 2.13. The van der Waals surface area contributed by atoms with E-state index in [9.17, 15) is 4.79 Å². The van der Waals surface area contributed by atoms with Gasteiger partial charge in [0.15, 0.2) is 5.11 Å². The van der Waals surface area contributed by atoms with Gasteiger partial charge in [0.2, 0.25) is 0 Å². The topological polar surface area (TPSA) is 63.2 Å². The highest BCUT2D eigenvalue weighted by Gasteiger charge is 2.09. The number of carbonyl (C=O) groups is 1. The fraction of sp³-hybridized carbons (Fsp3) is 0.188. The molecule has 1 aromatic heterocycles. The van der Waals surface area contributed by atoms with Crippen molar-refractivity contribution in [1.82, 2.24) is 10.3 Å². The lowest BCUT2D eigenvalue weighted by molar-refractivity contribution is 0.0977. The molecule has 1 amide bonds. The molecule has 0 radical (unpaired) electrons. The summed E-state index contributed by atoms with van der Waals surface area (Å²) in [5.41, 5.74) is 0.485. The van der Waals surface area contributed by atoms with Crippen LogP contribution < -0.4 is 15.4 Å². The Labute approximate surface area is 154 Å². The first kappa shape index (κ1) is 17.6. The summed E-state index contributed by atoms with van der Waals surface area (Å²) in [6, 6.07) is 10.7. The van der Waals surface area contributed by atoms with Crippen molar-refractivity contribution in [3.63, 3.8) is 0 Å². The lowest BCUT2D eigenvalue weighted by Crippen LogP contribution is -2.34. The fourth-order valence-electron chi connectivity index (χ4n) is 1.72. The van der Waals surface area contributed by atoms with E-state index in [-0.39, 0.29) is 11.0 Å². The first-order chi connectivity index (χ1) is 11.1. The van der Waals surface area contributed by atoms with Gasteiger partial charge in [-0.1, -0.05) is 13.0 Å². The molecule has 2 rings (SSSR count). The first-order valence-electron chi connectivity index (χ1n) is 7.05. The third-order valence-corrected chi connectivity index (χ3v) is 3.61. The van der Waals surface area contributed by atoms with E-state index in [0.717, 1.165) is 9.99 Å². The summed E-state index contributed by atoms with van der Waals surface area (Å²) in [6.07, 6.45) is 2.62. The molecule has 2 aromatic rings. The molecule has 23 heavy (non-hydrogen) atoms. The van der Waals surface area contributed by atoms with Gasteiger partial charge < -0.3 is 10.1 Å². The number of thiocarbonyl (C=S) groups is 1. The predicted molar refractivity (Wildman–Crippen MR) is 103 cm³/mol. The highest BCUT2D eigenvalue weighted by molar-refractivity contribution is 14.1. The van der Waals surface area contributed by atoms with Crippen molar-refractivity contribution in [1.29, 1.82) is 0 Å². The van der Waals surface area contributed by atoms with Crippen molar-refractivity contribution in [2.45, 2.75) is 13.3 Å². The molecule has 0 saturated carbocycles. The molecule has 0 bridgehead atoms. The molecule has 0 spiro atoms. The van der Waals surface area contributed by atoms with Crippen LogP contribution in [-0.2, 0) is 0 Å². The van der Waals surface area contributed by atoms with Crippen LogP contribution in [0.3, 0.4) is 0 Å². The Hall–Kier alpha value is -1.74. The van der Waals surface area contributed by atoms with Gasteiger partial charge in [0, 0.05) is 15.3 Å². The molecular formula is C16H16IN3O2S. The zero-order valence-electron chi connectivity index (χ0n) is 12.5. The van der Waals surface area contributed by atoms with Gasteiger partial charge in [-0.2, -0.15) is 0 Å². The number of nitrogens with zero attached hydrogens (tertiary/aromatic N) is 1. The molecule has 0 aliphatic rings. The number of anilines is 1. The summed E-state index contributed by atoms with van der Waals surface area (Å²) in [5.74, 6) is 0.948. The maximum absolute atomic E-state index is 12.2. The van der Waals surface area contributed by atoms with Crippen LogP contribution in [0.5, 0.6) is 5.75 Å². The lowest BCUT2D eigenvalue weighted by Gasteiger charge is -2.10. The second-order valence-corrected chi connectivity index (χ2v) is 6.30. The van der Waals surface area contributed by atoms with Crippen LogP contribution in [0.25, 0.3) is 0 Å². The lowest BCUT2D eigenvalue weighted by atomic mass is 10.2. The summed E-state index contributed by atoms with van der Waals surface area (Å²) >= 11 is 7.30. The minimum absolute atomic E-state index is 0.198. The van der Waals surface area contributed by atoms with Crippen molar-refractivity contribution >= 4 is 51.6 Å². The maximum atomic E-state index is 12.2. The molecule has 7 heteroatoms. The number of pyridine rings is 1. The quantitative estimate of drug-likeness (QED) is 0.549. The van der Waals surface area contributed by atoms with Crippen LogP contribution >= 0.6 is 34.8 Å². The molecule has 0 aliphatic carbocycles. The van der Waals surface area contributed by atoms with Crippen molar-refractivity contribution in [2.75, 3.05) is 11.9 Å². The predicted octanol–water partition coefficient (Wildman–Crippen LogP) is 3.60. The second kappa shape index (κ2) is 8.78. The molecule has 2 N–H and O–H groups in total. The largest absolute Gasteiger partial charge is 0.494 e. The Balaban J connectivity index is 1.95. The number of halogens is 1. The van der Waals surface area contributed by atoms with Crippen LogP contribution in [0.1, 0.15) is 23.7 Å². The van der Waals surface area contributed by atoms with E-state index in [1.165, 1.54) is 0 Å². The van der Waals surface area contributed by atoms with Crippen LogP contribution in [-0.4, -0.2) is 22.6 Å². The van der Waals surface area contributed by atoms with Gasteiger partial charge in [-0.3, -0.25) is 10.1 Å². The standard InChI is InChI=1S/C16H16IN3O2S/c1-2-8-22-13-5-3-4-11(9-13)15(21)20-16(23)19-14-7-6-12(17)10-18-14/h3-7,9-10H,2,8H2,1H3,(H2,18,19,20,21,23). The van der Waals surface area contributed by atoms with Crippen LogP contribution in [0.2, 0.25) is 0 Å². The summed E-state index contributed by atoms with van der Waals surface area (Å²) in [7, 11) is 0. The number of benzene rings is 1. The molecule has 0 aliphatic heterocycles. The van der Waals surface area contributed by atoms with E-state index >= 15 is 0 Å². The molecule has 0 fully saturated rings. The molecule has 0 saturated heterocycles. The summed E-state index contributed by atoms with van der Waals surface area (Å²) in [5, 5.41) is 5.70. The summed E-state index contributed by atoms with van der Waals surface area (Å²) in [6.45, 7) is 2.64. The van der Waals surface area contributed by atoms with Gasteiger partial charge in [-0.25, -0.2) is 4.98 Å². The third kappa shape index (κ3) is 5.76. The van der Waals surface area contributed by atoms with Crippen LogP contribution in [0.4, 0.5) is 5.82 Å². The average molecular weight is 441 g/mol. The second-order valence-electron chi connectivity index (χ2n) is 4.65. The van der Waals surface area contributed by atoms with E-state index in [2.05, 4.69) is 38.2 Å². The van der Waals surface area contributed by atoms with Gasteiger partial charge in [-0.15, -0.1) is 0 Å². The molecule has 120 valence electrons. The number of nitrogens with one attached hydrogen (secondary N) is 2. The van der Waals surface area contributed by atoms with Crippen LogP contribution in [0, 0.1) is 3.57 Å². The van der Waals surface area contributed by atoms with Gasteiger partial charge in [0.1, 0.15) is 11.6 Å². The van der Waals surface area contributed by atoms with E-state index < -0.39 is 0 Å². The van der Waals surface area contributed by atoms with Crippen molar-refractivity contribution in [3.8, 4) is 5.75 Å². The molecular weight excluding hydrogens is 425 g/mol. The van der Waals surface area contributed by atoms with E-state index in [0.29, 0.717) is 23.7 Å². The smallest absolute Gasteiger partial charge is 0.257 e. The molecule has 0 unspecified atom stereocenters. The van der Waals surface area contributed by atoms with Crippen molar-refractivity contribution < 1.29 is 9.53 Å². The SMILES string of the molecule is CCCOc1cccc(C(=O)NC(=S)Nc2ccc(I)cn2)c1. The monoisotopic (exact) mass is 441 g/mol. The third-order valence-electron chi connectivity index (χ3n) is 2.77. The van der Waals surface area contributed by atoms with E-state index in [1.54, 1.807) is 30.5 Å². The van der Waals surface area contributed by atoms with E-state index in [4.69, 9.17) is 17.0 Å². The zero-order valence-corrected chi connectivity index (χ0v) is 15.5. The van der Waals surface area contributed by atoms with Crippen molar-refractivity contribution in [2.24, 2.45) is 0 Å². The Morgan fingerprint density at radius 2 is 2.17 bits per heavy atom. The Bertz CT molecular complexity index is 692. The minimum atomic E-state index is -0.296. The summed E-state index contributed by atoms with van der Waals surface area (Å²) < 4.78 is 6.54.